The molecule has 0 bridgehead atoms. The van der Waals surface area contributed by atoms with Crippen LogP contribution >= 0.6 is 0 Å². The minimum Gasteiger partial charge on any atom is -0.447 e. The zero-order valence-corrected chi connectivity index (χ0v) is 43.8. The predicted octanol–water partition coefficient (Wildman–Crippen LogP) is -5.06. The highest BCUT2D eigenvalue weighted by Gasteiger charge is 2.56. The molecule has 75 heavy (non-hydrogen) atoms. The maximum Gasteiger partial charge on any atom is 0.407 e. The van der Waals surface area contributed by atoms with Gasteiger partial charge in [0.25, 0.3) is 0 Å². The first-order chi connectivity index (χ1) is 35.4. The van der Waals surface area contributed by atoms with E-state index in [1.807, 2.05) is 27.7 Å². The lowest BCUT2D eigenvalue weighted by Gasteiger charge is -2.51. The van der Waals surface area contributed by atoms with Gasteiger partial charge in [0.05, 0.1) is 57.8 Å². The van der Waals surface area contributed by atoms with Crippen molar-refractivity contribution in [2.75, 3.05) is 73.6 Å². The van der Waals surface area contributed by atoms with Crippen molar-refractivity contribution < 1.29 is 117 Å². The Morgan fingerprint density at radius 1 is 0.733 bits per heavy atom. The molecule has 3 heterocycles. The number of alkyl carbamates (subject to hydrolysis) is 2. The molecular weight excluding hydrogens is 1010 g/mol. The molecule has 0 aromatic carbocycles. The SMILES string of the molecule is COCCOC(=O)NCCCCC(NC(=O)OCCOC)C(=O)NCC(=O)N[C@H]1C([C@H](O)[C@H](O)CO)O[C@](C)(O[C@@H]2C(O)[C@H](O[C@@H]3C(NC(C)=O)[C@@H](OC(C(C)C)C(C)C)OC(CO)[C@@H]3O)OC(CO)[C@@H]2O)C[C@H]1O. The molecule has 0 aromatic rings. The standard InChI is InChI=1S/C46H83N5O24/c1-22(2)37(23(3)4)72-42-32(49-24(5)55)38(34(60)28(20-53)70-42)73-43-36(62)40(35(61)29(21-54)71-43)75-46(6)17-26(56)31(39(74-46)33(59)27(57)19-52)51-30(58)18-48-41(63)25(50-45(65)69-16-14-67-8)11-9-10-12-47-44(64)68-15-13-66-7/h22-23,25-29,31-40,42-43,52-54,56-57,59-62H,9-21H2,1-8H3,(H,47,64)(H,48,63)(H,49,55)(H,50,65)(H,51,58)/t25?,26-,27-,28?,29?,31-,32?,33-,34+,35+,36?,38-,39?,40+,42-,43+,46-/m1/s1. The van der Waals surface area contributed by atoms with Crippen LogP contribution in [0.1, 0.15) is 67.2 Å². The number of aliphatic hydroxyl groups is 9. The number of amides is 5. The van der Waals surface area contributed by atoms with Gasteiger partial charge in [-0.3, -0.25) is 14.4 Å². The number of carbonyl (C=O) groups excluding carboxylic acids is 5. The van der Waals surface area contributed by atoms with Crippen LogP contribution in [0.5, 0.6) is 0 Å². The first-order valence-corrected chi connectivity index (χ1v) is 25.0. The van der Waals surface area contributed by atoms with Gasteiger partial charge in [0, 0.05) is 34.1 Å². The molecule has 3 aliphatic rings. The lowest BCUT2D eigenvalue weighted by molar-refractivity contribution is -0.385. The van der Waals surface area contributed by atoms with E-state index in [0.717, 1.165) is 0 Å². The predicted molar refractivity (Wildman–Crippen MR) is 255 cm³/mol. The minimum atomic E-state index is -2.15. The number of nitrogens with one attached hydrogen (secondary N) is 5. The summed E-state index contributed by atoms with van der Waals surface area (Å²) in [4.78, 5) is 63.8. The van der Waals surface area contributed by atoms with Gasteiger partial charge in [-0.1, -0.05) is 27.7 Å². The van der Waals surface area contributed by atoms with Gasteiger partial charge in [0.1, 0.15) is 86.3 Å². The molecule has 17 atom stereocenters. The van der Waals surface area contributed by atoms with Crippen LogP contribution in [0.25, 0.3) is 0 Å². The van der Waals surface area contributed by atoms with E-state index in [-0.39, 0.29) is 57.6 Å². The van der Waals surface area contributed by atoms with Crippen LogP contribution in [-0.2, 0) is 61.8 Å². The second-order valence-electron chi connectivity index (χ2n) is 19.3. The van der Waals surface area contributed by atoms with Gasteiger partial charge in [-0.2, -0.15) is 0 Å². The summed E-state index contributed by atoms with van der Waals surface area (Å²) in [6, 6.07) is -4.16. The van der Waals surface area contributed by atoms with Gasteiger partial charge < -0.3 is 120 Å². The molecule has 14 N–H and O–H groups in total. The number of hydrogen-bond acceptors (Lipinski definition) is 24. The maximum atomic E-state index is 13.5. The molecule has 0 saturated carbocycles. The average molecular weight is 1090 g/mol. The highest BCUT2D eigenvalue weighted by molar-refractivity contribution is 5.89. The van der Waals surface area contributed by atoms with E-state index in [1.54, 1.807) is 0 Å². The third kappa shape index (κ3) is 19.9. The molecule has 436 valence electrons. The summed E-state index contributed by atoms with van der Waals surface area (Å²) in [5, 5.41) is 111. The highest BCUT2D eigenvalue weighted by Crippen LogP contribution is 2.38. The molecule has 5 amide bonds. The van der Waals surface area contributed by atoms with Gasteiger partial charge in [0.15, 0.2) is 18.4 Å². The average Bonchev–Trinajstić information content (AvgIpc) is 3.35. The summed E-state index contributed by atoms with van der Waals surface area (Å²) in [7, 11) is 2.84. The molecule has 3 saturated heterocycles. The third-order valence-electron chi connectivity index (χ3n) is 12.6. The number of carbonyl (C=O) groups is 5. The van der Waals surface area contributed by atoms with E-state index < -0.39 is 172 Å². The van der Waals surface area contributed by atoms with Gasteiger partial charge in [0.2, 0.25) is 17.7 Å². The van der Waals surface area contributed by atoms with E-state index in [0.29, 0.717) is 6.42 Å². The van der Waals surface area contributed by atoms with E-state index in [4.69, 9.17) is 47.4 Å². The Morgan fingerprint density at radius 2 is 1.32 bits per heavy atom. The first kappa shape index (κ1) is 65.6. The smallest absolute Gasteiger partial charge is 0.407 e. The van der Waals surface area contributed by atoms with Gasteiger partial charge in [-0.25, -0.2) is 9.59 Å². The fourth-order valence-corrected chi connectivity index (χ4v) is 8.85. The first-order valence-electron chi connectivity index (χ1n) is 25.0. The maximum absolute atomic E-state index is 13.5. The fourth-order valence-electron chi connectivity index (χ4n) is 8.85. The minimum absolute atomic E-state index is 0.0166. The number of unbranched alkanes of at least 4 members (excludes halogenated alkanes) is 1. The Hall–Kier alpha value is -3.73. The Labute approximate surface area is 435 Å². The monoisotopic (exact) mass is 1090 g/mol. The lowest BCUT2D eigenvalue weighted by Crippen LogP contribution is -2.70. The summed E-state index contributed by atoms with van der Waals surface area (Å²) in [5.74, 6) is -4.69. The van der Waals surface area contributed by atoms with Crippen molar-refractivity contribution in [3.05, 3.63) is 0 Å². The van der Waals surface area contributed by atoms with E-state index in [2.05, 4.69) is 26.6 Å². The lowest BCUT2D eigenvalue weighted by atomic mass is 9.88. The molecule has 3 aliphatic heterocycles. The second kappa shape index (κ2) is 32.2. The topological polar surface area (TPSA) is 420 Å². The Balaban J connectivity index is 1.82. The molecule has 0 aliphatic carbocycles. The van der Waals surface area contributed by atoms with Crippen molar-refractivity contribution in [2.45, 2.75) is 177 Å². The summed E-state index contributed by atoms with van der Waals surface area (Å²) in [5.41, 5.74) is 0. The second-order valence-corrected chi connectivity index (χ2v) is 19.3. The molecule has 0 aromatic heterocycles. The van der Waals surface area contributed by atoms with Crippen LogP contribution in [-0.4, -0.2) is 259 Å². The number of hydrogen-bond donors (Lipinski definition) is 14. The molecule has 3 rings (SSSR count). The van der Waals surface area contributed by atoms with Crippen LogP contribution in [0.2, 0.25) is 0 Å². The summed E-state index contributed by atoms with van der Waals surface area (Å²) < 4.78 is 56.1. The third-order valence-corrected chi connectivity index (χ3v) is 12.6. The number of methoxy groups -OCH3 is 2. The molecular formula is C46H83N5O24. The quantitative estimate of drug-likeness (QED) is 0.0299. The van der Waals surface area contributed by atoms with Crippen LogP contribution < -0.4 is 26.6 Å². The van der Waals surface area contributed by atoms with Crippen molar-refractivity contribution >= 4 is 29.9 Å². The van der Waals surface area contributed by atoms with Crippen molar-refractivity contribution in [3.63, 3.8) is 0 Å². The zero-order valence-electron chi connectivity index (χ0n) is 43.8. The van der Waals surface area contributed by atoms with Crippen LogP contribution in [0.15, 0.2) is 0 Å². The zero-order chi connectivity index (χ0) is 56.2. The van der Waals surface area contributed by atoms with Gasteiger partial charge in [-0.15, -0.1) is 0 Å². The van der Waals surface area contributed by atoms with E-state index in [1.165, 1.54) is 28.1 Å². The molecule has 6 unspecified atom stereocenters. The largest absolute Gasteiger partial charge is 0.447 e. The molecule has 29 nitrogen and oxygen atoms in total. The summed E-state index contributed by atoms with van der Waals surface area (Å²) >= 11 is 0. The molecule has 3 fully saturated rings. The van der Waals surface area contributed by atoms with Crippen molar-refractivity contribution in [2.24, 2.45) is 11.8 Å². The van der Waals surface area contributed by atoms with Crippen molar-refractivity contribution in [1.29, 1.82) is 0 Å². The number of ether oxygens (including phenoxy) is 10. The van der Waals surface area contributed by atoms with E-state index in [9.17, 15) is 69.9 Å². The Kier molecular flexibility index (Phi) is 28.2. The molecule has 0 radical (unpaired) electrons. The molecule has 0 spiro atoms. The number of rotatable bonds is 30. The van der Waals surface area contributed by atoms with Crippen LogP contribution in [0.3, 0.4) is 0 Å². The van der Waals surface area contributed by atoms with E-state index >= 15 is 0 Å². The molecule has 29 heteroatoms. The van der Waals surface area contributed by atoms with Crippen molar-refractivity contribution in [3.8, 4) is 0 Å². The Morgan fingerprint density at radius 3 is 1.88 bits per heavy atom. The highest BCUT2D eigenvalue weighted by atomic mass is 16.8. The van der Waals surface area contributed by atoms with Gasteiger partial charge in [-0.05, 0) is 38.0 Å². The summed E-state index contributed by atoms with van der Waals surface area (Å²) in [6.45, 7) is 6.88. The fraction of sp³-hybridized carbons (Fsp3) is 0.891. The van der Waals surface area contributed by atoms with Crippen LogP contribution in [0, 0.1) is 11.8 Å². The normalized spacial score (nSPS) is 31.3. The Bertz CT molecular complexity index is 1730. The van der Waals surface area contributed by atoms with Gasteiger partial charge >= 0.3 is 12.2 Å². The van der Waals surface area contributed by atoms with Crippen molar-refractivity contribution in [1.82, 2.24) is 26.6 Å². The number of aliphatic hydroxyl groups excluding tert-OH is 9. The van der Waals surface area contributed by atoms with Crippen LogP contribution in [0.4, 0.5) is 9.59 Å². The summed E-state index contributed by atoms with van der Waals surface area (Å²) in [6.07, 6.45) is -24.8.